The fraction of sp³-hybridized carbons (Fsp3) is 0.778. The van der Waals surface area contributed by atoms with E-state index in [0.29, 0.717) is 0 Å². The van der Waals surface area contributed by atoms with Crippen molar-refractivity contribution in [3.63, 3.8) is 0 Å². The SMILES string of the molecule is CCCC(=CC[SiH2]F)CCC. The minimum absolute atomic E-state index is 0.745. The Morgan fingerprint density at radius 2 is 1.82 bits per heavy atom. The molecular formula is C9H19FSi. The fourth-order valence-electron chi connectivity index (χ4n) is 1.23. The highest BCUT2D eigenvalue weighted by Crippen LogP contribution is 2.12. The van der Waals surface area contributed by atoms with Gasteiger partial charge in [0.25, 0.3) is 0 Å². The van der Waals surface area contributed by atoms with Crippen LogP contribution in [-0.4, -0.2) is 9.85 Å². The quantitative estimate of drug-likeness (QED) is 0.330. The Bertz CT molecular complexity index is 102. The maximum absolute atomic E-state index is 11.9. The first-order valence-corrected chi connectivity index (χ1v) is 6.12. The van der Waals surface area contributed by atoms with Gasteiger partial charge in [-0.1, -0.05) is 38.3 Å². The first-order chi connectivity index (χ1) is 5.35. The summed E-state index contributed by atoms with van der Waals surface area (Å²) < 4.78 is 11.9. The van der Waals surface area contributed by atoms with Crippen LogP contribution in [-0.2, 0) is 0 Å². The molecule has 0 heterocycles. The Hall–Kier alpha value is -0.113. The minimum atomic E-state index is -1.24. The van der Waals surface area contributed by atoms with Gasteiger partial charge in [0.2, 0.25) is 9.85 Å². The van der Waals surface area contributed by atoms with Gasteiger partial charge in [-0.2, -0.15) is 0 Å². The molecule has 0 aromatic carbocycles. The van der Waals surface area contributed by atoms with E-state index in [1.165, 1.54) is 31.3 Å². The van der Waals surface area contributed by atoms with Gasteiger partial charge >= 0.3 is 0 Å². The fourth-order valence-corrected chi connectivity index (χ4v) is 1.75. The maximum Gasteiger partial charge on any atom is 0.220 e. The Balaban J connectivity index is 3.66. The molecule has 0 amide bonds. The normalized spacial score (nSPS) is 10.8. The van der Waals surface area contributed by atoms with Crippen molar-refractivity contribution in [2.45, 2.75) is 45.6 Å². The van der Waals surface area contributed by atoms with Gasteiger partial charge in [-0.25, -0.2) is 0 Å². The molecule has 0 nitrogen and oxygen atoms in total. The zero-order valence-corrected chi connectivity index (χ0v) is 9.11. The Morgan fingerprint density at radius 3 is 2.18 bits per heavy atom. The van der Waals surface area contributed by atoms with E-state index in [9.17, 15) is 4.11 Å². The van der Waals surface area contributed by atoms with Crippen LogP contribution >= 0.6 is 0 Å². The molecule has 0 unspecified atom stereocenters. The van der Waals surface area contributed by atoms with E-state index in [1.807, 2.05) is 0 Å². The summed E-state index contributed by atoms with van der Waals surface area (Å²) in [4.78, 5) is 0. The predicted molar refractivity (Wildman–Crippen MR) is 52.4 cm³/mol. The first-order valence-electron chi connectivity index (χ1n) is 4.59. The summed E-state index contributed by atoms with van der Waals surface area (Å²) in [5, 5.41) is 0. The molecule has 0 aromatic rings. The third-order valence-corrected chi connectivity index (χ3v) is 2.19. The van der Waals surface area contributed by atoms with E-state index in [2.05, 4.69) is 19.9 Å². The number of hydrogen-bond donors (Lipinski definition) is 0. The van der Waals surface area contributed by atoms with Crippen molar-refractivity contribution in [1.29, 1.82) is 0 Å². The van der Waals surface area contributed by atoms with Crippen LogP contribution in [0.1, 0.15) is 39.5 Å². The van der Waals surface area contributed by atoms with Gasteiger partial charge in [-0.3, -0.25) is 0 Å². The Labute approximate surface area is 71.9 Å². The van der Waals surface area contributed by atoms with E-state index < -0.39 is 9.85 Å². The highest BCUT2D eigenvalue weighted by molar-refractivity contribution is 6.26. The summed E-state index contributed by atoms with van der Waals surface area (Å²) >= 11 is 0. The van der Waals surface area contributed by atoms with Crippen molar-refractivity contribution in [3.8, 4) is 0 Å². The third kappa shape index (κ3) is 6.29. The summed E-state index contributed by atoms with van der Waals surface area (Å²) in [6, 6.07) is 0.745. The molecule has 0 saturated heterocycles. The molecule has 0 aliphatic rings. The van der Waals surface area contributed by atoms with Crippen molar-refractivity contribution in [2.24, 2.45) is 0 Å². The largest absolute Gasteiger partial charge is 0.322 e. The van der Waals surface area contributed by atoms with E-state index in [0.717, 1.165) is 6.04 Å². The lowest BCUT2D eigenvalue weighted by molar-refractivity contribution is 0.798. The average molecular weight is 174 g/mol. The molecule has 0 aliphatic heterocycles. The summed E-state index contributed by atoms with van der Waals surface area (Å²) in [5.74, 6) is 0. The van der Waals surface area contributed by atoms with Crippen LogP contribution in [0.3, 0.4) is 0 Å². The van der Waals surface area contributed by atoms with E-state index in [-0.39, 0.29) is 0 Å². The zero-order valence-electron chi connectivity index (χ0n) is 7.70. The van der Waals surface area contributed by atoms with Gasteiger partial charge < -0.3 is 4.11 Å². The van der Waals surface area contributed by atoms with E-state index in [1.54, 1.807) is 0 Å². The molecule has 0 fully saturated rings. The molecule has 11 heavy (non-hydrogen) atoms. The zero-order chi connectivity index (χ0) is 8.53. The Morgan fingerprint density at radius 1 is 1.27 bits per heavy atom. The molecule has 0 rings (SSSR count). The lowest BCUT2D eigenvalue weighted by Crippen LogP contribution is -1.84. The standard InChI is InChI=1S/C9H19FSi/c1-3-5-9(6-4-2)7-8-11-10/h7H,3-6,8,11H2,1-2H3. The summed E-state index contributed by atoms with van der Waals surface area (Å²) in [7, 11) is -1.24. The monoisotopic (exact) mass is 174 g/mol. The minimum Gasteiger partial charge on any atom is -0.322 e. The molecule has 0 aliphatic carbocycles. The van der Waals surface area contributed by atoms with Crippen LogP contribution in [0.25, 0.3) is 0 Å². The number of halogens is 1. The molecule has 0 spiro atoms. The molecule has 0 radical (unpaired) electrons. The van der Waals surface area contributed by atoms with Gasteiger partial charge in [0.1, 0.15) is 0 Å². The number of hydrogen-bond acceptors (Lipinski definition) is 0. The van der Waals surface area contributed by atoms with Gasteiger partial charge in [-0.05, 0) is 18.9 Å². The van der Waals surface area contributed by atoms with Gasteiger partial charge in [0.05, 0.1) is 0 Å². The summed E-state index contributed by atoms with van der Waals surface area (Å²) in [5.41, 5.74) is 1.47. The van der Waals surface area contributed by atoms with Crippen LogP contribution in [0.15, 0.2) is 11.6 Å². The number of rotatable bonds is 6. The third-order valence-electron chi connectivity index (χ3n) is 1.68. The second kappa shape index (κ2) is 7.99. The van der Waals surface area contributed by atoms with E-state index in [4.69, 9.17) is 0 Å². The topological polar surface area (TPSA) is 0 Å². The van der Waals surface area contributed by atoms with Crippen LogP contribution < -0.4 is 0 Å². The molecule has 66 valence electrons. The number of allylic oxidation sites excluding steroid dienone is 2. The maximum atomic E-state index is 11.9. The molecule has 0 bridgehead atoms. The van der Waals surface area contributed by atoms with Gasteiger partial charge in [0.15, 0.2) is 0 Å². The predicted octanol–water partition coefficient (Wildman–Crippen LogP) is 2.98. The Kier molecular flexibility index (Phi) is 7.91. The molecule has 2 heteroatoms. The summed E-state index contributed by atoms with van der Waals surface area (Å²) in [6.45, 7) is 4.35. The van der Waals surface area contributed by atoms with Crippen molar-refractivity contribution in [2.75, 3.05) is 0 Å². The molecule has 0 aromatic heterocycles. The first kappa shape index (κ1) is 10.9. The van der Waals surface area contributed by atoms with Crippen molar-refractivity contribution < 1.29 is 4.11 Å². The van der Waals surface area contributed by atoms with Crippen LogP contribution in [0.5, 0.6) is 0 Å². The smallest absolute Gasteiger partial charge is 0.220 e. The highest BCUT2D eigenvalue weighted by Gasteiger charge is 1.93. The average Bonchev–Trinajstić information content (AvgIpc) is 2.01. The highest BCUT2D eigenvalue weighted by atomic mass is 28.3. The van der Waals surface area contributed by atoms with Crippen molar-refractivity contribution in [3.05, 3.63) is 11.6 Å². The lowest BCUT2D eigenvalue weighted by Gasteiger charge is -2.02. The van der Waals surface area contributed by atoms with Crippen LogP contribution in [0, 0.1) is 0 Å². The molecule has 0 saturated carbocycles. The summed E-state index contributed by atoms with van der Waals surface area (Å²) in [6.07, 6.45) is 6.85. The molecule has 0 N–H and O–H groups in total. The molecule has 0 atom stereocenters. The van der Waals surface area contributed by atoms with Crippen molar-refractivity contribution in [1.82, 2.24) is 0 Å². The lowest BCUT2D eigenvalue weighted by atomic mass is 10.1. The second-order valence-corrected chi connectivity index (χ2v) is 3.80. The second-order valence-electron chi connectivity index (χ2n) is 2.84. The molecular weight excluding hydrogens is 155 g/mol. The van der Waals surface area contributed by atoms with Crippen molar-refractivity contribution >= 4 is 9.85 Å². The van der Waals surface area contributed by atoms with E-state index >= 15 is 0 Å². The van der Waals surface area contributed by atoms with Gasteiger partial charge in [0, 0.05) is 0 Å². The van der Waals surface area contributed by atoms with Gasteiger partial charge in [-0.15, -0.1) is 0 Å². The van der Waals surface area contributed by atoms with Crippen LogP contribution in [0.2, 0.25) is 6.04 Å². The van der Waals surface area contributed by atoms with Crippen LogP contribution in [0.4, 0.5) is 4.11 Å².